The van der Waals surface area contributed by atoms with Gasteiger partial charge in [0.1, 0.15) is 17.7 Å². The van der Waals surface area contributed by atoms with E-state index >= 15 is 4.39 Å². The molecule has 0 saturated carbocycles. The van der Waals surface area contributed by atoms with Crippen LogP contribution in [0.15, 0.2) is 35.1 Å². The molecule has 0 bridgehead atoms. The third kappa shape index (κ3) is 4.39. The number of pyridine rings is 1. The third-order valence-corrected chi connectivity index (χ3v) is 6.35. The molecule has 2 aromatic carbocycles. The molecule has 1 saturated heterocycles. The summed E-state index contributed by atoms with van der Waals surface area (Å²) in [5, 5.41) is 12.5. The fourth-order valence-electron chi connectivity index (χ4n) is 4.69. The average molecular weight is 472 g/mol. The number of hydrogen-bond donors (Lipinski definition) is 2. The van der Waals surface area contributed by atoms with Gasteiger partial charge < -0.3 is 15.2 Å². The number of H-pyrrole nitrogens is 1. The van der Waals surface area contributed by atoms with E-state index < -0.39 is 5.82 Å². The van der Waals surface area contributed by atoms with E-state index in [-0.39, 0.29) is 29.3 Å². The van der Waals surface area contributed by atoms with Crippen molar-refractivity contribution < 1.29 is 8.78 Å². The monoisotopic (exact) mass is 471 g/mol. The molecule has 2 aliphatic rings. The highest BCUT2D eigenvalue weighted by Crippen LogP contribution is 2.31. The van der Waals surface area contributed by atoms with Crippen LogP contribution in [0.3, 0.4) is 0 Å². The Morgan fingerprint density at radius 1 is 1.06 bits per heavy atom. The summed E-state index contributed by atoms with van der Waals surface area (Å²) < 4.78 is 29.0. The predicted molar refractivity (Wildman–Crippen MR) is 127 cm³/mol. The minimum absolute atomic E-state index is 0. The molecule has 0 spiro atoms. The number of piperazine rings is 1. The number of nitriles is 1. The Balaban J connectivity index is 0.00000259. The molecule has 6 nitrogen and oxygen atoms in total. The predicted octanol–water partition coefficient (Wildman–Crippen LogP) is 3.78. The first-order chi connectivity index (χ1) is 15.5. The molecule has 9 heteroatoms. The minimum atomic E-state index is -0.510. The summed E-state index contributed by atoms with van der Waals surface area (Å²) >= 11 is 0. The Hall–Kier alpha value is -3.15. The number of anilines is 2. The van der Waals surface area contributed by atoms with E-state index in [0.717, 1.165) is 37.3 Å². The summed E-state index contributed by atoms with van der Waals surface area (Å²) in [6.45, 7) is 4.19. The van der Waals surface area contributed by atoms with Crippen LogP contribution in [0.1, 0.15) is 23.1 Å². The molecule has 0 amide bonds. The molecular weight excluding hydrogens is 448 g/mol. The molecule has 0 radical (unpaired) electrons. The van der Waals surface area contributed by atoms with E-state index in [0.29, 0.717) is 48.2 Å². The number of rotatable bonds is 3. The molecule has 0 atom stereocenters. The van der Waals surface area contributed by atoms with Crippen LogP contribution < -0.4 is 15.8 Å². The Morgan fingerprint density at radius 3 is 2.58 bits per heavy atom. The first kappa shape index (κ1) is 23.0. The number of halogens is 3. The van der Waals surface area contributed by atoms with Crippen molar-refractivity contribution in [1.82, 2.24) is 9.88 Å². The summed E-state index contributed by atoms with van der Waals surface area (Å²) in [7, 11) is 0. The van der Waals surface area contributed by atoms with E-state index in [1.54, 1.807) is 12.1 Å². The lowest BCUT2D eigenvalue weighted by atomic mass is 10.00. The normalized spacial score (nSPS) is 16.0. The van der Waals surface area contributed by atoms with Gasteiger partial charge in [-0.25, -0.2) is 8.78 Å². The maximum absolute atomic E-state index is 15.1. The fraction of sp³-hybridized carbons (Fsp3) is 0.333. The zero-order valence-corrected chi connectivity index (χ0v) is 18.8. The largest absolute Gasteiger partial charge is 0.384 e. The zero-order chi connectivity index (χ0) is 22.2. The van der Waals surface area contributed by atoms with Crippen molar-refractivity contribution in [3.63, 3.8) is 0 Å². The lowest BCUT2D eigenvalue weighted by Gasteiger charge is -2.36. The number of benzene rings is 2. The number of aromatic nitrogens is 1. The minimum Gasteiger partial charge on any atom is -0.384 e. The van der Waals surface area contributed by atoms with Crippen molar-refractivity contribution in [1.29, 1.82) is 5.26 Å². The highest BCUT2D eigenvalue weighted by Gasteiger charge is 2.21. The van der Waals surface area contributed by atoms with Crippen LogP contribution in [0, 0.1) is 23.0 Å². The van der Waals surface area contributed by atoms with Crippen molar-refractivity contribution in [2.45, 2.75) is 19.4 Å². The van der Waals surface area contributed by atoms with E-state index in [4.69, 9.17) is 5.26 Å². The van der Waals surface area contributed by atoms with Crippen molar-refractivity contribution >= 4 is 34.7 Å². The lowest BCUT2D eigenvalue weighted by Crippen LogP contribution is -2.46. The quantitative estimate of drug-likeness (QED) is 0.608. The average Bonchev–Trinajstić information content (AvgIpc) is 2.79. The van der Waals surface area contributed by atoms with Crippen LogP contribution in [0.4, 0.5) is 20.2 Å². The highest BCUT2D eigenvalue weighted by atomic mass is 35.5. The fourth-order valence-corrected chi connectivity index (χ4v) is 4.69. The molecule has 33 heavy (non-hydrogen) atoms. The van der Waals surface area contributed by atoms with E-state index in [1.807, 2.05) is 12.1 Å². The zero-order valence-electron chi connectivity index (χ0n) is 18.0. The second kappa shape index (κ2) is 9.38. The summed E-state index contributed by atoms with van der Waals surface area (Å²) in [6.07, 6.45) is 1.52. The molecule has 1 aromatic heterocycles. The van der Waals surface area contributed by atoms with Gasteiger partial charge in [0.15, 0.2) is 0 Å². The van der Waals surface area contributed by atoms with E-state index in [2.05, 4.69) is 20.1 Å². The van der Waals surface area contributed by atoms with Gasteiger partial charge in [0, 0.05) is 50.5 Å². The van der Waals surface area contributed by atoms with Crippen LogP contribution in [0.5, 0.6) is 0 Å². The molecule has 5 rings (SSSR count). The van der Waals surface area contributed by atoms with Crippen molar-refractivity contribution in [3.05, 3.63) is 69.0 Å². The molecule has 3 heterocycles. The summed E-state index contributed by atoms with van der Waals surface area (Å²) in [5.74, 6) is -0.837. The van der Waals surface area contributed by atoms with Gasteiger partial charge in [-0.05, 0) is 48.7 Å². The smallest absolute Gasteiger partial charge is 0.253 e. The Bertz CT molecular complexity index is 1290. The molecular formula is C24H24ClF2N5O. The maximum atomic E-state index is 15.1. The van der Waals surface area contributed by atoms with Crippen LogP contribution in [-0.4, -0.2) is 42.6 Å². The van der Waals surface area contributed by atoms with Gasteiger partial charge in [-0.15, -0.1) is 12.4 Å². The first-order valence-corrected chi connectivity index (χ1v) is 10.8. The number of nitrogens with one attached hydrogen (secondary N) is 2. The van der Waals surface area contributed by atoms with Gasteiger partial charge in [0.05, 0.1) is 22.2 Å². The summed E-state index contributed by atoms with van der Waals surface area (Å²) in [4.78, 5) is 19.6. The molecule has 172 valence electrons. The Labute approximate surface area is 196 Å². The topological polar surface area (TPSA) is 75.2 Å². The Morgan fingerprint density at radius 2 is 1.85 bits per heavy atom. The molecule has 2 aliphatic heterocycles. The number of aromatic amines is 1. The second-order valence-electron chi connectivity index (χ2n) is 8.38. The number of hydrogen-bond acceptors (Lipinski definition) is 5. The molecule has 1 fully saturated rings. The third-order valence-electron chi connectivity index (χ3n) is 6.35. The van der Waals surface area contributed by atoms with Crippen LogP contribution in [0.2, 0.25) is 0 Å². The van der Waals surface area contributed by atoms with Gasteiger partial charge in [-0.1, -0.05) is 0 Å². The Kier molecular flexibility index (Phi) is 6.54. The van der Waals surface area contributed by atoms with Gasteiger partial charge in [-0.3, -0.25) is 9.69 Å². The van der Waals surface area contributed by atoms with Crippen molar-refractivity contribution in [2.75, 3.05) is 42.9 Å². The second-order valence-corrected chi connectivity index (χ2v) is 8.38. The van der Waals surface area contributed by atoms with Crippen LogP contribution >= 0.6 is 12.4 Å². The van der Waals surface area contributed by atoms with E-state index in [1.165, 1.54) is 12.1 Å². The van der Waals surface area contributed by atoms with Crippen LogP contribution in [-0.2, 0) is 13.0 Å². The lowest BCUT2D eigenvalue weighted by molar-refractivity contribution is 0.249. The van der Waals surface area contributed by atoms with E-state index in [9.17, 15) is 9.18 Å². The van der Waals surface area contributed by atoms with Crippen molar-refractivity contribution in [3.8, 4) is 6.07 Å². The van der Waals surface area contributed by atoms with Crippen LogP contribution in [0.25, 0.3) is 10.9 Å². The van der Waals surface area contributed by atoms with Gasteiger partial charge >= 0.3 is 0 Å². The SMILES string of the molecule is Cl.N#Cc1ccc(N2CCN(Cc3cc(F)c4c5c(c(=O)[nH]c4c3)CCCN5)CC2)cc1F. The van der Waals surface area contributed by atoms with Crippen molar-refractivity contribution in [2.24, 2.45) is 0 Å². The summed E-state index contributed by atoms with van der Waals surface area (Å²) in [6, 6.07) is 9.92. The number of nitrogens with zero attached hydrogens (tertiary/aromatic N) is 3. The maximum Gasteiger partial charge on any atom is 0.253 e. The molecule has 3 aromatic rings. The summed E-state index contributed by atoms with van der Waals surface area (Å²) in [5.41, 5.74) is 3.23. The standard InChI is InChI=1S/C24H23F2N5O.ClH/c25-19-12-17(4-3-16(19)13-27)31-8-6-30(7-9-31)14-15-10-20(26)22-21(11-15)29-24(32)18-2-1-5-28-23(18)22;/h3-4,10-12,28H,1-2,5-9,14H2,(H,29,32);1H. The first-order valence-electron chi connectivity index (χ1n) is 10.8. The van der Waals surface area contributed by atoms with Gasteiger partial charge in [-0.2, -0.15) is 5.26 Å². The number of fused-ring (bicyclic) bond motifs is 3. The molecule has 0 unspecified atom stereocenters. The molecule has 0 aliphatic carbocycles. The van der Waals surface area contributed by atoms with Gasteiger partial charge in [0.2, 0.25) is 0 Å². The van der Waals surface area contributed by atoms with Gasteiger partial charge in [0.25, 0.3) is 5.56 Å². The molecule has 2 N–H and O–H groups in total. The highest BCUT2D eigenvalue weighted by molar-refractivity contribution is 5.94.